The number of pyridine rings is 2. The molecule has 0 unspecified atom stereocenters. The Morgan fingerprint density at radius 3 is 2.44 bits per heavy atom. The number of sulfone groups is 1. The van der Waals surface area contributed by atoms with Crippen molar-refractivity contribution in [3.05, 3.63) is 42.2 Å². The van der Waals surface area contributed by atoms with Crippen LogP contribution in [-0.2, 0) is 16.4 Å². The van der Waals surface area contributed by atoms with Crippen LogP contribution in [0.1, 0.15) is 45.6 Å². The average molecular weight is 389 g/mol. The Labute approximate surface area is 162 Å². The molecule has 0 saturated carbocycles. The van der Waals surface area contributed by atoms with Gasteiger partial charge in [0, 0.05) is 25.8 Å². The molecular weight excluding hydrogens is 360 g/mol. The predicted octanol–water partition coefficient (Wildman–Crippen LogP) is 3.65. The van der Waals surface area contributed by atoms with Crippen molar-refractivity contribution in [1.29, 1.82) is 0 Å². The maximum atomic E-state index is 12.4. The van der Waals surface area contributed by atoms with Gasteiger partial charge in [0.1, 0.15) is 5.82 Å². The van der Waals surface area contributed by atoms with E-state index >= 15 is 0 Å². The van der Waals surface area contributed by atoms with Crippen LogP contribution >= 0.6 is 0 Å². The van der Waals surface area contributed by atoms with Gasteiger partial charge in [-0.05, 0) is 69.9 Å². The number of rotatable bonds is 5. The Bertz CT molecular complexity index is 868. The average Bonchev–Trinajstić information content (AvgIpc) is 2.67. The van der Waals surface area contributed by atoms with Gasteiger partial charge < -0.3 is 10.2 Å². The van der Waals surface area contributed by atoms with E-state index < -0.39 is 14.6 Å². The van der Waals surface area contributed by atoms with Gasteiger partial charge in [-0.25, -0.2) is 18.4 Å². The lowest BCUT2D eigenvalue weighted by Crippen LogP contribution is -2.30. The fourth-order valence-electron chi connectivity index (χ4n) is 3.03. The zero-order valence-electron chi connectivity index (χ0n) is 16.3. The van der Waals surface area contributed by atoms with Crippen LogP contribution in [0.15, 0.2) is 41.7 Å². The van der Waals surface area contributed by atoms with E-state index in [4.69, 9.17) is 0 Å². The molecule has 0 spiro atoms. The number of anilines is 2. The van der Waals surface area contributed by atoms with Crippen molar-refractivity contribution >= 4 is 21.3 Å². The quantitative estimate of drug-likeness (QED) is 0.843. The monoisotopic (exact) mass is 388 g/mol. The summed E-state index contributed by atoms with van der Waals surface area (Å²) in [6, 6.07) is 7.43. The molecule has 0 radical (unpaired) electrons. The van der Waals surface area contributed by atoms with E-state index in [1.54, 1.807) is 39.1 Å². The molecule has 2 aromatic rings. The van der Waals surface area contributed by atoms with Gasteiger partial charge in [0.25, 0.3) is 0 Å². The minimum Gasteiger partial charge on any atom is -0.380 e. The Balaban J connectivity index is 1.65. The van der Waals surface area contributed by atoms with Crippen LogP contribution in [0.2, 0.25) is 0 Å². The van der Waals surface area contributed by atoms with Gasteiger partial charge in [-0.15, -0.1) is 0 Å². The van der Waals surface area contributed by atoms with Gasteiger partial charge in [-0.2, -0.15) is 0 Å². The van der Waals surface area contributed by atoms with Crippen molar-refractivity contribution in [1.82, 2.24) is 9.97 Å². The highest BCUT2D eigenvalue weighted by atomic mass is 32.2. The van der Waals surface area contributed by atoms with Crippen LogP contribution in [0.5, 0.6) is 0 Å². The molecule has 1 saturated heterocycles. The third kappa shape index (κ3) is 4.58. The van der Waals surface area contributed by atoms with Crippen LogP contribution in [0.25, 0.3) is 0 Å². The standard InChI is InChI=1S/C20H28N4O2S/c1-20(2,3)27(25,26)19-8-7-17(15-23-19)22-14-16-9-10-21-18(13-16)24-11-5-4-6-12-24/h7-10,13,15,22H,4-6,11-12,14H2,1-3H3. The minimum atomic E-state index is -3.43. The smallest absolute Gasteiger partial charge is 0.200 e. The van der Waals surface area contributed by atoms with E-state index in [9.17, 15) is 8.42 Å². The van der Waals surface area contributed by atoms with Crippen molar-refractivity contribution in [3.63, 3.8) is 0 Å². The van der Waals surface area contributed by atoms with Gasteiger partial charge in [-0.3, -0.25) is 0 Å². The Kier molecular flexibility index (Phi) is 5.69. The molecule has 3 heterocycles. The Morgan fingerprint density at radius 1 is 1.07 bits per heavy atom. The Hall–Kier alpha value is -2.15. The lowest BCUT2D eigenvalue weighted by molar-refractivity contribution is 0.556. The van der Waals surface area contributed by atoms with Crippen molar-refractivity contribution in [2.24, 2.45) is 0 Å². The van der Waals surface area contributed by atoms with Gasteiger partial charge in [-0.1, -0.05) is 0 Å². The SMILES string of the molecule is CC(C)(C)S(=O)(=O)c1ccc(NCc2ccnc(N3CCCCC3)c2)cn1. The van der Waals surface area contributed by atoms with Crippen molar-refractivity contribution < 1.29 is 8.42 Å². The summed E-state index contributed by atoms with van der Waals surface area (Å²) in [5.41, 5.74) is 1.93. The molecule has 6 nitrogen and oxygen atoms in total. The first-order valence-corrected chi connectivity index (χ1v) is 10.9. The largest absolute Gasteiger partial charge is 0.380 e. The van der Waals surface area contributed by atoms with E-state index in [1.807, 2.05) is 12.3 Å². The van der Waals surface area contributed by atoms with Gasteiger partial charge in [0.15, 0.2) is 14.9 Å². The highest BCUT2D eigenvalue weighted by molar-refractivity contribution is 7.92. The number of aromatic nitrogens is 2. The maximum Gasteiger partial charge on any atom is 0.200 e. The number of hydrogen-bond acceptors (Lipinski definition) is 6. The lowest BCUT2D eigenvalue weighted by atomic mass is 10.1. The second-order valence-corrected chi connectivity index (χ2v) is 10.6. The van der Waals surface area contributed by atoms with Crippen LogP contribution in [0.4, 0.5) is 11.5 Å². The van der Waals surface area contributed by atoms with Crippen LogP contribution in [0.3, 0.4) is 0 Å². The third-order valence-electron chi connectivity index (χ3n) is 4.80. The van der Waals surface area contributed by atoms with E-state index in [0.717, 1.165) is 30.2 Å². The zero-order valence-corrected chi connectivity index (χ0v) is 17.1. The summed E-state index contributed by atoms with van der Waals surface area (Å²) in [5.74, 6) is 1.03. The maximum absolute atomic E-state index is 12.4. The number of nitrogens with zero attached hydrogens (tertiary/aromatic N) is 3. The predicted molar refractivity (Wildman–Crippen MR) is 109 cm³/mol. The normalized spacial score (nSPS) is 15.6. The van der Waals surface area contributed by atoms with Crippen LogP contribution < -0.4 is 10.2 Å². The molecule has 0 amide bonds. The fraction of sp³-hybridized carbons (Fsp3) is 0.500. The third-order valence-corrected chi connectivity index (χ3v) is 7.21. The number of piperidine rings is 1. The number of nitrogens with one attached hydrogen (secondary N) is 1. The molecule has 0 aromatic carbocycles. The first-order valence-electron chi connectivity index (χ1n) is 9.42. The van der Waals surface area contributed by atoms with Crippen LogP contribution in [-0.4, -0.2) is 36.2 Å². The van der Waals surface area contributed by atoms with E-state index in [-0.39, 0.29) is 5.03 Å². The minimum absolute atomic E-state index is 0.108. The second kappa shape index (κ2) is 7.84. The topological polar surface area (TPSA) is 75.2 Å². The summed E-state index contributed by atoms with van der Waals surface area (Å²) in [5, 5.41) is 3.41. The lowest BCUT2D eigenvalue weighted by Gasteiger charge is -2.28. The molecule has 7 heteroatoms. The van der Waals surface area contributed by atoms with E-state index in [1.165, 1.54) is 19.3 Å². The van der Waals surface area contributed by atoms with Crippen molar-refractivity contribution in [2.45, 2.75) is 56.4 Å². The summed E-state index contributed by atoms with van der Waals surface area (Å²) >= 11 is 0. The molecule has 0 atom stereocenters. The molecular formula is C20H28N4O2S. The first-order chi connectivity index (χ1) is 12.8. The van der Waals surface area contributed by atoms with Crippen LogP contribution in [0, 0.1) is 0 Å². The second-order valence-electron chi connectivity index (χ2n) is 7.92. The molecule has 1 N–H and O–H groups in total. The van der Waals surface area contributed by atoms with Gasteiger partial charge in [0.2, 0.25) is 0 Å². The molecule has 1 aliphatic heterocycles. The van der Waals surface area contributed by atoms with E-state index in [0.29, 0.717) is 6.54 Å². The summed E-state index contributed by atoms with van der Waals surface area (Å²) < 4.78 is 24.0. The summed E-state index contributed by atoms with van der Waals surface area (Å²) in [6.45, 7) is 7.81. The first kappa shape index (κ1) is 19.6. The molecule has 2 aromatic heterocycles. The van der Waals surface area contributed by atoms with E-state index in [2.05, 4.69) is 26.3 Å². The highest BCUT2D eigenvalue weighted by Crippen LogP contribution is 2.24. The molecule has 1 aliphatic rings. The molecule has 3 rings (SSSR count). The zero-order chi connectivity index (χ0) is 19.5. The fourth-order valence-corrected chi connectivity index (χ4v) is 4.09. The summed E-state index contributed by atoms with van der Waals surface area (Å²) in [4.78, 5) is 11.0. The molecule has 0 aliphatic carbocycles. The van der Waals surface area contributed by atoms with Gasteiger partial charge >= 0.3 is 0 Å². The highest BCUT2D eigenvalue weighted by Gasteiger charge is 2.31. The molecule has 0 bridgehead atoms. The molecule has 146 valence electrons. The summed E-state index contributed by atoms with van der Waals surface area (Å²) in [7, 11) is -3.43. The van der Waals surface area contributed by atoms with Crippen molar-refractivity contribution in [3.8, 4) is 0 Å². The van der Waals surface area contributed by atoms with Gasteiger partial charge in [0.05, 0.1) is 16.6 Å². The molecule has 1 fully saturated rings. The molecule has 27 heavy (non-hydrogen) atoms. The Morgan fingerprint density at radius 2 is 1.81 bits per heavy atom. The van der Waals surface area contributed by atoms with Crippen molar-refractivity contribution in [2.75, 3.05) is 23.3 Å². The summed E-state index contributed by atoms with van der Waals surface area (Å²) in [6.07, 6.45) is 7.16. The number of hydrogen-bond donors (Lipinski definition) is 1.